The molecule has 0 aliphatic rings. The summed E-state index contributed by atoms with van der Waals surface area (Å²) in [4.78, 5) is 22.4. The van der Waals surface area contributed by atoms with Gasteiger partial charge in [0.15, 0.2) is 11.5 Å². The van der Waals surface area contributed by atoms with E-state index < -0.39 is 5.97 Å². The SMILES string of the molecule is COc1cc(C(=O)NCCCCC(=O)O)cc(Br)c1OC. The zero-order valence-electron chi connectivity index (χ0n) is 11.9. The number of benzene rings is 1. The molecule has 0 aliphatic heterocycles. The van der Waals surface area contributed by atoms with E-state index in [0.29, 0.717) is 40.9 Å². The molecule has 6 nitrogen and oxygen atoms in total. The normalized spacial score (nSPS) is 10.0. The van der Waals surface area contributed by atoms with Gasteiger partial charge >= 0.3 is 5.97 Å². The summed E-state index contributed by atoms with van der Waals surface area (Å²) in [6, 6.07) is 3.24. The number of amides is 1. The van der Waals surface area contributed by atoms with Crippen molar-refractivity contribution in [2.45, 2.75) is 19.3 Å². The molecule has 116 valence electrons. The van der Waals surface area contributed by atoms with E-state index in [1.54, 1.807) is 12.1 Å². The van der Waals surface area contributed by atoms with Crippen LogP contribution >= 0.6 is 15.9 Å². The van der Waals surface area contributed by atoms with Gasteiger partial charge in [-0.3, -0.25) is 9.59 Å². The van der Waals surface area contributed by atoms with Gasteiger partial charge in [0.25, 0.3) is 5.91 Å². The summed E-state index contributed by atoms with van der Waals surface area (Å²) in [5, 5.41) is 11.3. The average molecular weight is 360 g/mol. The summed E-state index contributed by atoms with van der Waals surface area (Å²) >= 11 is 3.33. The summed E-state index contributed by atoms with van der Waals surface area (Å²) < 4.78 is 11.0. The minimum Gasteiger partial charge on any atom is -0.493 e. The molecule has 0 aliphatic carbocycles. The van der Waals surface area contributed by atoms with Gasteiger partial charge in [-0.25, -0.2) is 0 Å². The minimum atomic E-state index is -0.829. The van der Waals surface area contributed by atoms with Gasteiger partial charge < -0.3 is 19.9 Å². The van der Waals surface area contributed by atoms with Crippen LogP contribution in [0.25, 0.3) is 0 Å². The number of ether oxygens (including phenoxy) is 2. The monoisotopic (exact) mass is 359 g/mol. The lowest BCUT2D eigenvalue weighted by molar-refractivity contribution is -0.137. The number of carboxylic acids is 1. The molecule has 0 heterocycles. The van der Waals surface area contributed by atoms with Crippen molar-refractivity contribution >= 4 is 27.8 Å². The maximum atomic E-state index is 12.0. The van der Waals surface area contributed by atoms with Gasteiger partial charge in [-0.1, -0.05) is 0 Å². The van der Waals surface area contributed by atoms with Crippen LogP contribution in [0.1, 0.15) is 29.6 Å². The lowest BCUT2D eigenvalue weighted by atomic mass is 10.1. The van der Waals surface area contributed by atoms with Crippen LogP contribution < -0.4 is 14.8 Å². The Balaban J connectivity index is 2.62. The molecular formula is C14H18BrNO5. The van der Waals surface area contributed by atoms with E-state index in [9.17, 15) is 9.59 Å². The van der Waals surface area contributed by atoms with Crippen molar-refractivity contribution < 1.29 is 24.2 Å². The van der Waals surface area contributed by atoms with E-state index >= 15 is 0 Å². The Morgan fingerprint density at radius 2 is 1.95 bits per heavy atom. The second kappa shape index (κ2) is 8.51. The molecule has 0 radical (unpaired) electrons. The van der Waals surface area contributed by atoms with Crippen LogP contribution in [0.5, 0.6) is 11.5 Å². The van der Waals surface area contributed by atoms with E-state index in [1.165, 1.54) is 14.2 Å². The van der Waals surface area contributed by atoms with Gasteiger partial charge in [0.2, 0.25) is 0 Å². The van der Waals surface area contributed by atoms with Crippen molar-refractivity contribution in [3.8, 4) is 11.5 Å². The maximum Gasteiger partial charge on any atom is 0.303 e. The fourth-order valence-electron chi connectivity index (χ4n) is 1.75. The highest BCUT2D eigenvalue weighted by Gasteiger charge is 2.14. The summed E-state index contributed by atoms with van der Waals surface area (Å²) in [5.74, 6) is -0.0875. The van der Waals surface area contributed by atoms with Crippen LogP contribution in [0, 0.1) is 0 Å². The van der Waals surface area contributed by atoms with E-state index in [2.05, 4.69) is 21.2 Å². The molecular weight excluding hydrogens is 342 g/mol. The number of halogens is 1. The first-order valence-corrected chi connectivity index (χ1v) is 7.20. The zero-order valence-corrected chi connectivity index (χ0v) is 13.5. The van der Waals surface area contributed by atoms with Crippen molar-refractivity contribution in [2.24, 2.45) is 0 Å². The number of nitrogens with one attached hydrogen (secondary N) is 1. The first kappa shape index (κ1) is 17.3. The molecule has 1 aromatic carbocycles. The van der Waals surface area contributed by atoms with Crippen LogP contribution in [0.3, 0.4) is 0 Å². The number of carboxylic acid groups (broad SMARTS) is 1. The number of aliphatic carboxylic acids is 1. The lowest BCUT2D eigenvalue weighted by Gasteiger charge is -2.12. The quantitative estimate of drug-likeness (QED) is 0.696. The van der Waals surface area contributed by atoms with Gasteiger partial charge in [-0.05, 0) is 40.9 Å². The first-order chi connectivity index (χ1) is 9.99. The number of hydrogen-bond acceptors (Lipinski definition) is 4. The van der Waals surface area contributed by atoms with Crippen molar-refractivity contribution in [3.05, 3.63) is 22.2 Å². The number of rotatable bonds is 8. The van der Waals surface area contributed by atoms with Crippen molar-refractivity contribution in [2.75, 3.05) is 20.8 Å². The van der Waals surface area contributed by atoms with Crippen molar-refractivity contribution in [3.63, 3.8) is 0 Å². The first-order valence-electron chi connectivity index (χ1n) is 6.41. The molecule has 0 fully saturated rings. The van der Waals surface area contributed by atoms with Crippen LogP contribution in [-0.4, -0.2) is 37.7 Å². The Morgan fingerprint density at radius 3 is 2.52 bits per heavy atom. The van der Waals surface area contributed by atoms with Crippen LogP contribution in [-0.2, 0) is 4.79 Å². The van der Waals surface area contributed by atoms with Gasteiger partial charge in [-0.2, -0.15) is 0 Å². The van der Waals surface area contributed by atoms with Gasteiger partial charge in [0, 0.05) is 18.5 Å². The number of unbranched alkanes of at least 4 members (excludes halogenated alkanes) is 1. The highest BCUT2D eigenvalue weighted by molar-refractivity contribution is 9.10. The van der Waals surface area contributed by atoms with Crippen LogP contribution in [0.2, 0.25) is 0 Å². The van der Waals surface area contributed by atoms with E-state index in [-0.39, 0.29) is 12.3 Å². The van der Waals surface area contributed by atoms with Crippen molar-refractivity contribution in [1.29, 1.82) is 0 Å². The van der Waals surface area contributed by atoms with Gasteiger partial charge in [0.1, 0.15) is 0 Å². The predicted molar refractivity (Wildman–Crippen MR) is 81.1 cm³/mol. The Hall–Kier alpha value is -1.76. The molecule has 0 bridgehead atoms. The summed E-state index contributed by atoms with van der Waals surface area (Å²) in [5.41, 5.74) is 0.442. The molecule has 1 amide bonds. The van der Waals surface area contributed by atoms with Crippen LogP contribution in [0.4, 0.5) is 0 Å². The Kier molecular flexibility index (Phi) is 7.01. The number of methoxy groups -OCH3 is 2. The number of carbonyl (C=O) groups excluding carboxylic acids is 1. The lowest BCUT2D eigenvalue weighted by Crippen LogP contribution is -2.24. The molecule has 1 rings (SSSR count). The van der Waals surface area contributed by atoms with E-state index in [1.807, 2.05) is 0 Å². The average Bonchev–Trinajstić information content (AvgIpc) is 2.45. The maximum absolute atomic E-state index is 12.0. The Bertz CT molecular complexity index is 518. The highest BCUT2D eigenvalue weighted by atomic mass is 79.9. The van der Waals surface area contributed by atoms with Gasteiger partial charge in [-0.15, -0.1) is 0 Å². The third-order valence-corrected chi connectivity index (χ3v) is 3.39. The van der Waals surface area contributed by atoms with E-state index in [0.717, 1.165) is 0 Å². The minimum absolute atomic E-state index is 0.109. The Morgan fingerprint density at radius 1 is 1.24 bits per heavy atom. The molecule has 7 heteroatoms. The van der Waals surface area contributed by atoms with Crippen molar-refractivity contribution in [1.82, 2.24) is 5.32 Å². The summed E-state index contributed by atoms with van der Waals surface area (Å²) in [7, 11) is 3.02. The molecule has 21 heavy (non-hydrogen) atoms. The molecule has 0 saturated heterocycles. The fraction of sp³-hybridized carbons (Fsp3) is 0.429. The largest absolute Gasteiger partial charge is 0.493 e. The van der Waals surface area contributed by atoms with Gasteiger partial charge in [0.05, 0.1) is 18.7 Å². The standard InChI is InChI=1S/C14H18BrNO5/c1-20-11-8-9(7-10(15)13(11)21-2)14(19)16-6-4-3-5-12(17)18/h7-8H,3-6H2,1-2H3,(H,16,19)(H,17,18). The molecule has 0 atom stereocenters. The molecule has 2 N–H and O–H groups in total. The Labute approximate surface area is 131 Å². The molecule has 0 unspecified atom stereocenters. The highest BCUT2D eigenvalue weighted by Crippen LogP contribution is 2.36. The van der Waals surface area contributed by atoms with Crippen LogP contribution in [0.15, 0.2) is 16.6 Å². The summed E-state index contributed by atoms with van der Waals surface area (Å²) in [6.07, 6.45) is 1.26. The van der Waals surface area contributed by atoms with E-state index in [4.69, 9.17) is 14.6 Å². The fourth-order valence-corrected chi connectivity index (χ4v) is 2.36. The molecule has 1 aromatic rings. The number of hydrogen-bond donors (Lipinski definition) is 2. The third kappa shape index (κ3) is 5.26. The number of carbonyl (C=O) groups is 2. The zero-order chi connectivity index (χ0) is 15.8. The molecule has 0 aromatic heterocycles. The molecule has 0 saturated carbocycles. The topological polar surface area (TPSA) is 84.9 Å². The summed E-state index contributed by atoms with van der Waals surface area (Å²) in [6.45, 7) is 0.429. The second-order valence-corrected chi connectivity index (χ2v) is 5.15. The third-order valence-electron chi connectivity index (χ3n) is 2.80. The molecule has 0 spiro atoms. The smallest absolute Gasteiger partial charge is 0.303 e. The second-order valence-electron chi connectivity index (χ2n) is 4.30. The predicted octanol–water partition coefficient (Wildman–Crippen LogP) is 2.45.